The summed E-state index contributed by atoms with van der Waals surface area (Å²) < 4.78 is 32.4. The third-order valence-electron chi connectivity index (χ3n) is 5.64. The Bertz CT molecular complexity index is 1070. The van der Waals surface area contributed by atoms with E-state index >= 15 is 0 Å². The molecule has 1 aliphatic heterocycles. The second-order valence-electron chi connectivity index (χ2n) is 8.62. The molecule has 188 valence electrons. The van der Waals surface area contributed by atoms with Gasteiger partial charge in [-0.05, 0) is 18.8 Å². The summed E-state index contributed by atoms with van der Waals surface area (Å²) >= 11 is 0. The van der Waals surface area contributed by atoms with Crippen LogP contribution >= 0.6 is 0 Å². The maximum atomic E-state index is 14.7. The summed E-state index contributed by atoms with van der Waals surface area (Å²) in [4.78, 5) is 47.2. The number of carbonyl (C=O) groups excluding carboxylic acids is 2. The number of nitrogens with one attached hydrogen (secondary N) is 1. The molecule has 12 nitrogen and oxygen atoms in total. The molecule has 1 saturated heterocycles. The molecule has 2 aromatic rings. The van der Waals surface area contributed by atoms with Gasteiger partial charge in [-0.3, -0.25) is 19.1 Å². The third-order valence-corrected chi connectivity index (χ3v) is 5.64. The quantitative estimate of drug-likeness (QED) is 0.413. The SMILES string of the molecule is CCCCC(OC(=O)[C@@H](N)C(C)C)C(=O)OC[C@H]1O[C@@H](n2cnc3c(=O)[nH]c(N)nc32)CC1F. The number of rotatable bonds is 10. The van der Waals surface area contributed by atoms with E-state index in [-0.39, 0.29) is 42.5 Å². The van der Waals surface area contributed by atoms with Gasteiger partial charge in [0.05, 0.1) is 6.33 Å². The second-order valence-corrected chi connectivity index (χ2v) is 8.62. The number of halogens is 1. The number of carbonyl (C=O) groups is 2. The summed E-state index contributed by atoms with van der Waals surface area (Å²) in [5, 5.41) is 0. The largest absolute Gasteiger partial charge is 0.460 e. The average Bonchev–Trinajstić information content (AvgIpc) is 3.37. The number of nitrogens with zero attached hydrogens (tertiary/aromatic N) is 3. The normalized spacial score (nSPS) is 22.1. The van der Waals surface area contributed by atoms with Gasteiger partial charge >= 0.3 is 11.9 Å². The number of anilines is 1. The topological polar surface area (TPSA) is 177 Å². The molecule has 0 radical (unpaired) electrons. The van der Waals surface area contributed by atoms with E-state index in [0.717, 1.165) is 6.42 Å². The Balaban J connectivity index is 1.63. The van der Waals surface area contributed by atoms with Crippen molar-refractivity contribution in [1.82, 2.24) is 19.5 Å². The van der Waals surface area contributed by atoms with Crippen molar-refractivity contribution >= 4 is 29.1 Å². The standard InChI is InChI=1S/C21H31FN6O6/c1-4-5-6-12(34-20(31)15(23)10(2)3)19(30)32-8-13-11(22)7-14(33-13)28-9-25-16-17(28)26-21(24)27-18(16)29/h9-15H,4-8,23H2,1-3H3,(H3,24,26,27,29)/t11?,12?,13-,14-,15+/m1/s1. The van der Waals surface area contributed by atoms with Crippen molar-refractivity contribution in [1.29, 1.82) is 0 Å². The molecule has 0 amide bonds. The fourth-order valence-corrected chi connectivity index (χ4v) is 3.53. The predicted molar refractivity (Wildman–Crippen MR) is 119 cm³/mol. The maximum Gasteiger partial charge on any atom is 0.347 e. The van der Waals surface area contributed by atoms with Crippen LogP contribution in [0.15, 0.2) is 11.1 Å². The van der Waals surface area contributed by atoms with E-state index in [1.807, 2.05) is 6.92 Å². The van der Waals surface area contributed by atoms with Gasteiger partial charge in [-0.1, -0.05) is 27.2 Å². The monoisotopic (exact) mass is 482 g/mol. The van der Waals surface area contributed by atoms with Crippen LogP contribution in [0.1, 0.15) is 52.7 Å². The number of fused-ring (bicyclic) bond motifs is 1. The zero-order valence-electron chi connectivity index (χ0n) is 19.4. The van der Waals surface area contributed by atoms with Crippen LogP contribution in [0.4, 0.5) is 10.3 Å². The molecule has 5 N–H and O–H groups in total. The van der Waals surface area contributed by atoms with Crippen LogP contribution in [-0.2, 0) is 23.8 Å². The Morgan fingerprint density at radius 1 is 1.38 bits per heavy atom. The number of hydrogen-bond donors (Lipinski definition) is 3. The smallest absolute Gasteiger partial charge is 0.347 e. The Morgan fingerprint density at radius 2 is 2.12 bits per heavy atom. The van der Waals surface area contributed by atoms with E-state index in [2.05, 4.69) is 15.0 Å². The Kier molecular flexibility index (Phi) is 8.20. The van der Waals surface area contributed by atoms with Crippen LogP contribution in [0.5, 0.6) is 0 Å². The minimum absolute atomic E-state index is 0.0447. The van der Waals surface area contributed by atoms with Crippen LogP contribution in [0.2, 0.25) is 0 Å². The number of aromatic amines is 1. The average molecular weight is 483 g/mol. The molecule has 13 heteroatoms. The second kappa shape index (κ2) is 10.9. The summed E-state index contributed by atoms with van der Waals surface area (Å²) in [7, 11) is 0. The molecule has 2 aromatic heterocycles. The predicted octanol–water partition coefficient (Wildman–Crippen LogP) is 0.956. The first-order valence-electron chi connectivity index (χ1n) is 11.3. The molecular formula is C21H31FN6O6. The molecule has 0 saturated carbocycles. The van der Waals surface area contributed by atoms with E-state index < -0.39 is 48.1 Å². The van der Waals surface area contributed by atoms with Crippen molar-refractivity contribution < 1.29 is 28.2 Å². The van der Waals surface area contributed by atoms with E-state index in [1.54, 1.807) is 13.8 Å². The number of esters is 2. The molecule has 3 rings (SSSR count). The van der Waals surface area contributed by atoms with Crippen LogP contribution in [0.25, 0.3) is 11.2 Å². The van der Waals surface area contributed by atoms with Gasteiger partial charge in [-0.25, -0.2) is 14.2 Å². The molecule has 0 aromatic carbocycles. The van der Waals surface area contributed by atoms with Gasteiger partial charge in [0.15, 0.2) is 17.3 Å². The first-order chi connectivity index (χ1) is 16.1. The first-order valence-corrected chi connectivity index (χ1v) is 11.3. The van der Waals surface area contributed by atoms with Crippen LogP contribution in [0, 0.1) is 5.92 Å². The van der Waals surface area contributed by atoms with Crippen molar-refractivity contribution in [3.8, 4) is 0 Å². The number of hydrogen-bond acceptors (Lipinski definition) is 10. The van der Waals surface area contributed by atoms with E-state index in [1.165, 1.54) is 10.9 Å². The van der Waals surface area contributed by atoms with Crippen LogP contribution in [0.3, 0.4) is 0 Å². The molecule has 1 aliphatic rings. The fraction of sp³-hybridized carbons (Fsp3) is 0.667. The van der Waals surface area contributed by atoms with Gasteiger partial charge < -0.3 is 25.7 Å². The summed E-state index contributed by atoms with van der Waals surface area (Å²) in [6.07, 6.45) is -1.57. The Morgan fingerprint density at radius 3 is 2.79 bits per heavy atom. The molecule has 34 heavy (non-hydrogen) atoms. The Labute approximate surface area is 195 Å². The van der Waals surface area contributed by atoms with Gasteiger partial charge in [-0.2, -0.15) is 4.98 Å². The van der Waals surface area contributed by atoms with E-state index in [0.29, 0.717) is 6.42 Å². The molecule has 0 bridgehead atoms. The minimum Gasteiger partial charge on any atom is -0.460 e. The van der Waals surface area contributed by atoms with Crippen LogP contribution in [-0.4, -0.2) is 62.5 Å². The highest BCUT2D eigenvalue weighted by Gasteiger charge is 2.39. The summed E-state index contributed by atoms with van der Waals surface area (Å²) in [5.41, 5.74) is 11.1. The number of H-pyrrole nitrogens is 1. The first kappa shape index (κ1) is 25.6. The lowest BCUT2D eigenvalue weighted by Gasteiger charge is -2.21. The van der Waals surface area contributed by atoms with Crippen molar-refractivity contribution in [3.63, 3.8) is 0 Å². The van der Waals surface area contributed by atoms with Gasteiger partial charge in [0.1, 0.15) is 31.2 Å². The highest BCUT2D eigenvalue weighted by Crippen LogP contribution is 2.32. The number of alkyl halides is 1. The summed E-state index contributed by atoms with van der Waals surface area (Å²) in [6, 6.07) is -0.869. The van der Waals surface area contributed by atoms with Gasteiger partial charge in [-0.15, -0.1) is 0 Å². The van der Waals surface area contributed by atoms with Gasteiger partial charge in [0.25, 0.3) is 5.56 Å². The summed E-state index contributed by atoms with van der Waals surface area (Å²) in [6.45, 7) is 5.09. The number of imidazole rings is 1. The number of nitrogens with two attached hydrogens (primary N) is 2. The number of aromatic nitrogens is 4. The van der Waals surface area contributed by atoms with Crippen molar-refractivity contribution in [3.05, 3.63) is 16.7 Å². The molecule has 5 atom stereocenters. The lowest BCUT2D eigenvalue weighted by Crippen LogP contribution is -2.41. The van der Waals surface area contributed by atoms with Crippen molar-refractivity contribution in [2.75, 3.05) is 12.3 Å². The molecule has 1 fully saturated rings. The molecule has 3 heterocycles. The van der Waals surface area contributed by atoms with Crippen LogP contribution < -0.4 is 17.0 Å². The van der Waals surface area contributed by atoms with E-state index in [4.69, 9.17) is 25.7 Å². The molecule has 0 spiro atoms. The lowest BCUT2D eigenvalue weighted by molar-refractivity contribution is -0.172. The van der Waals surface area contributed by atoms with Gasteiger partial charge in [0.2, 0.25) is 5.95 Å². The lowest BCUT2D eigenvalue weighted by atomic mass is 10.1. The summed E-state index contributed by atoms with van der Waals surface area (Å²) in [5.74, 6) is -1.75. The highest BCUT2D eigenvalue weighted by molar-refractivity contribution is 5.82. The molecular weight excluding hydrogens is 451 g/mol. The third kappa shape index (κ3) is 5.70. The molecule has 2 unspecified atom stereocenters. The van der Waals surface area contributed by atoms with Crippen molar-refractivity contribution in [2.24, 2.45) is 11.7 Å². The fourth-order valence-electron chi connectivity index (χ4n) is 3.53. The van der Waals surface area contributed by atoms with Gasteiger partial charge in [0, 0.05) is 6.42 Å². The van der Waals surface area contributed by atoms with E-state index in [9.17, 15) is 18.8 Å². The highest BCUT2D eigenvalue weighted by atomic mass is 19.1. The maximum absolute atomic E-state index is 14.7. The zero-order chi connectivity index (χ0) is 25.0. The number of nitrogen functional groups attached to an aromatic ring is 1. The number of ether oxygens (including phenoxy) is 3. The Hall–Kier alpha value is -3.06. The minimum atomic E-state index is -1.46. The number of unbranched alkanes of at least 4 members (excludes halogenated alkanes) is 1. The van der Waals surface area contributed by atoms with Crippen molar-refractivity contribution in [2.45, 2.75) is 77.1 Å². The molecule has 0 aliphatic carbocycles. The zero-order valence-corrected chi connectivity index (χ0v) is 19.4.